The summed E-state index contributed by atoms with van der Waals surface area (Å²) >= 11 is 3.49. The summed E-state index contributed by atoms with van der Waals surface area (Å²) in [5, 5.41) is 0. The monoisotopic (exact) mass is 253 g/mol. The Morgan fingerprint density at radius 3 is 2.43 bits per heavy atom. The van der Waals surface area contributed by atoms with Crippen LogP contribution in [-0.4, -0.2) is 4.98 Å². The van der Waals surface area contributed by atoms with Gasteiger partial charge in [-0.25, -0.2) is 4.98 Å². The summed E-state index contributed by atoms with van der Waals surface area (Å²) in [5.41, 5.74) is 2.86. The zero-order chi connectivity index (χ0) is 10.3. The highest BCUT2D eigenvalue weighted by Crippen LogP contribution is 2.40. The summed E-state index contributed by atoms with van der Waals surface area (Å²) in [6.45, 7) is 6.72. The topological polar surface area (TPSA) is 12.9 Å². The predicted octanol–water partition coefficient (Wildman–Crippen LogP) is 4.02. The molecule has 1 saturated carbocycles. The SMILES string of the molecule is CC(C)(C)c1cc(Br)nc(C2CC2)c1. The predicted molar refractivity (Wildman–Crippen MR) is 62.6 cm³/mol. The minimum Gasteiger partial charge on any atom is -0.246 e. The highest BCUT2D eigenvalue weighted by molar-refractivity contribution is 9.10. The molecule has 1 aromatic heterocycles. The molecule has 2 heteroatoms. The van der Waals surface area contributed by atoms with E-state index in [-0.39, 0.29) is 5.41 Å². The molecular weight excluding hydrogens is 238 g/mol. The number of rotatable bonds is 1. The lowest BCUT2D eigenvalue weighted by molar-refractivity contribution is 0.587. The lowest BCUT2D eigenvalue weighted by Crippen LogP contribution is -2.12. The third-order valence-electron chi connectivity index (χ3n) is 2.68. The second-order valence-electron chi connectivity index (χ2n) is 5.13. The lowest BCUT2D eigenvalue weighted by atomic mass is 9.87. The number of pyridine rings is 1. The molecule has 0 bridgehead atoms. The molecule has 1 heterocycles. The average molecular weight is 254 g/mol. The van der Waals surface area contributed by atoms with E-state index >= 15 is 0 Å². The molecule has 1 aromatic rings. The van der Waals surface area contributed by atoms with Crippen molar-refractivity contribution in [2.45, 2.75) is 44.9 Å². The third kappa shape index (κ3) is 2.17. The molecule has 0 amide bonds. The van der Waals surface area contributed by atoms with Crippen molar-refractivity contribution in [2.75, 3.05) is 0 Å². The summed E-state index contributed by atoms with van der Waals surface area (Å²) in [4.78, 5) is 4.53. The fourth-order valence-electron chi connectivity index (χ4n) is 1.54. The molecule has 0 atom stereocenters. The van der Waals surface area contributed by atoms with Crippen LogP contribution in [0.3, 0.4) is 0 Å². The van der Waals surface area contributed by atoms with E-state index in [2.05, 4.69) is 53.8 Å². The van der Waals surface area contributed by atoms with E-state index in [4.69, 9.17) is 0 Å². The molecule has 76 valence electrons. The third-order valence-corrected chi connectivity index (χ3v) is 3.08. The first-order valence-corrected chi connectivity index (χ1v) is 5.94. The Morgan fingerprint density at radius 1 is 1.29 bits per heavy atom. The standard InChI is InChI=1S/C12H16BrN/c1-12(2,3)9-6-10(8-4-5-8)14-11(13)7-9/h6-8H,4-5H2,1-3H3. The van der Waals surface area contributed by atoms with Crippen molar-refractivity contribution < 1.29 is 0 Å². The lowest BCUT2D eigenvalue weighted by Gasteiger charge is -2.20. The van der Waals surface area contributed by atoms with Crippen LogP contribution in [0.25, 0.3) is 0 Å². The molecule has 0 aromatic carbocycles. The maximum absolute atomic E-state index is 4.53. The van der Waals surface area contributed by atoms with Gasteiger partial charge in [0.1, 0.15) is 4.60 Å². The Balaban J connectivity index is 2.41. The fraction of sp³-hybridized carbons (Fsp3) is 0.583. The number of halogens is 1. The van der Waals surface area contributed by atoms with Gasteiger partial charge in [0.2, 0.25) is 0 Å². The first-order chi connectivity index (χ1) is 6.47. The molecule has 0 saturated heterocycles. The van der Waals surface area contributed by atoms with E-state index in [1.54, 1.807) is 0 Å². The van der Waals surface area contributed by atoms with E-state index in [0.29, 0.717) is 0 Å². The minimum atomic E-state index is 0.217. The number of hydrogen-bond acceptors (Lipinski definition) is 1. The fourth-order valence-corrected chi connectivity index (χ4v) is 1.99. The highest BCUT2D eigenvalue weighted by Gasteiger charge is 2.27. The molecule has 2 rings (SSSR count). The zero-order valence-electron chi connectivity index (χ0n) is 8.97. The maximum Gasteiger partial charge on any atom is 0.106 e. The Bertz CT molecular complexity index is 348. The van der Waals surface area contributed by atoms with Gasteiger partial charge in [0.15, 0.2) is 0 Å². The quantitative estimate of drug-likeness (QED) is 0.690. The van der Waals surface area contributed by atoms with Gasteiger partial charge < -0.3 is 0 Å². The molecule has 1 aliphatic carbocycles. The first-order valence-electron chi connectivity index (χ1n) is 5.15. The molecular formula is C12H16BrN. The van der Waals surface area contributed by atoms with Gasteiger partial charge >= 0.3 is 0 Å². The van der Waals surface area contributed by atoms with Crippen molar-refractivity contribution in [3.05, 3.63) is 28.0 Å². The van der Waals surface area contributed by atoms with Crippen molar-refractivity contribution in [1.29, 1.82) is 0 Å². The number of aromatic nitrogens is 1. The Labute approximate surface area is 94.1 Å². The van der Waals surface area contributed by atoms with Crippen molar-refractivity contribution in [3.8, 4) is 0 Å². The largest absolute Gasteiger partial charge is 0.246 e. The van der Waals surface area contributed by atoms with Gasteiger partial charge in [0.25, 0.3) is 0 Å². The molecule has 1 fully saturated rings. The van der Waals surface area contributed by atoms with Crippen LogP contribution < -0.4 is 0 Å². The Hall–Kier alpha value is -0.370. The molecule has 1 aliphatic rings. The summed E-state index contributed by atoms with van der Waals surface area (Å²) < 4.78 is 0.979. The van der Waals surface area contributed by atoms with Gasteiger partial charge in [-0.1, -0.05) is 20.8 Å². The minimum absolute atomic E-state index is 0.217. The van der Waals surface area contributed by atoms with Crippen molar-refractivity contribution in [2.24, 2.45) is 0 Å². The van der Waals surface area contributed by atoms with E-state index in [1.165, 1.54) is 24.1 Å². The molecule has 0 N–H and O–H groups in total. The van der Waals surface area contributed by atoms with Gasteiger partial charge in [-0.15, -0.1) is 0 Å². The van der Waals surface area contributed by atoms with E-state index < -0.39 is 0 Å². The van der Waals surface area contributed by atoms with E-state index in [0.717, 1.165) is 10.5 Å². The maximum atomic E-state index is 4.53. The van der Waals surface area contributed by atoms with Crippen LogP contribution in [0.4, 0.5) is 0 Å². The Morgan fingerprint density at radius 2 is 1.93 bits per heavy atom. The van der Waals surface area contributed by atoms with Gasteiger partial charge in [-0.3, -0.25) is 0 Å². The van der Waals surface area contributed by atoms with Crippen LogP contribution in [0.15, 0.2) is 16.7 Å². The van der Waals surface area contributed by atoms with Crippen LogP contribution in [-0.2, 0) is 5.41 Å². The molecule has 14 heavy (non-hydrogen) atoms. The molecule has 0 spiro atoms. The van der Waals surface area contributed by atoms with Gasteiger partial charge in [-0.2, -0.15) is 0 Å². The smallest absolute Gasteiger partial charge is 0.106 e. The zero-order valence-corrected chi connectivity index (χ0v) is 10.6. The second-order valence-corrected chi connectivity index (χ2v) is 5.94. The van der Waals surface area contributed by atoms with Gasteiger partial charge in [0, 0.05) is 11.6 Å². The second kappa shape index (κ2) is 3.34. The first kappa shape index (κ1) is 10.2. The van der Waals surface area contributed by atoms with Crippen LogP contribution in [0.2, 0.25) is 0 Å². The van der Waals surface area contributed by atoms with E-state index in [1.807, 2.05) is 0 Å². The molecule has 0 aliphatic heterocycles. The van der Waals surface area contributed by atoms with Crippen LogP contribution in [0.5, 0.6) is 0 Å². The normalized spacial score (nSPS) is 17.1. The van der Waals surface area contributed by atoms with Crippen molar-refractivity contribution >= 4 is 15.9 Å². The van der Waals surface area contributed by atoms with Gasteiger partial charge in [0.05, 0.1) is 0 Å². The van der Waals surface area contributed by atoms with Crippen molar-refractivity contribution in [1.82, 2.24) is 4.98 Å². The molecule has 0 radical (unpaired) electrons. The van der Waals surface area contributed by atoms with Crippen LogP contribution >= 0.6 is 15.9 Å². The average Bonchev–Trinajstić information content (AvgIpc) is 2.83. The summed E-state index contributed by atoms with van der Waals surface area (Å²) in [6, 6.07) is 4.40. The molecule has 1 nitrogen and oxygen atoms in total. The highest BCUT2D eigenvalue weighted by atomic mass is 79.9. The van der Waals surface area contributed by atoms with E-state index in [9.17, 15) is 0 Å². The summed E-state index contributed by atoms with van der Waals surface area (Å²) in [6.07, 6.45) is 2.63. The summed E-state index contributed by atoms with van der Waals surface area (Å²) in [5.74, 6) is 0.730. The van der Waals surface area contributed by atoms with Crippen LogP contribution in [0.1, 0.15) is 50.8 Å². The number of hydrogen-bond donors (Lipinski definition) is 0. The van der Waals surface area contributed by atoms with Crippen molar-refractivity contribution in [3.63, 3.8) is 0 Å². The van der Waals surface area contributed by atoms with Gasteiger partial charge in [-0.05, 0) is 51.9 Å². The van der Waals surface area contributed by atoms with Crippen LogP contribution in [0, 0.1) is 0 Å². The summed E-state index contributed by atoms with van der Waals surface area (Å²) in [7, 11) is 0. The number of nitrogens with zero attached hydrogens (tertiary/aromatic N) is 1. The molecule has 0 unspecified atom stereocenters. The Kier molecular flexibility index (Phi) is 2.42.